The Kier molecular flexibility index (Phi) is 3.06. The van der Waals surface area contributed by atoms with Crippen molar-refractivity contribution >= 4 is 0 Å². The van der Waals surface area contributed by atoms with E-state index in [1.807, 2.05) is 45.4 Å². The summed E-state index contributed by atoms with van der Waals surface area (Å²) in [5.41, 5.74) is 2.38. The summed E-state index contributed by atoms with van der Waals surface area (Å²) in [7, 11) is 1.95. The lowest BCUT2D eigenvalue weighted by atomic mass is 10.0. The average molecular weight is 216 g/mol. The molecule has 0 saturated carbocycles. The van der Waals surface area contributed by atoms with Gasteiger partial charge in [0.25, 0.3) is 0 Å². The molecule has 3 nitrogen and oxygen atoms in total. The summed E-state index contributed by atoms with van der Waals surface area (Å²) in [5.74, 6) is 1.91. The van der Waals surface area contributed by atoms with E-state index in [4.69, 9.17) is 4.42 Å². The highest BCUT2D eigenvalue weighted by atomic mass is 16.3. The highest BCUT2D eigenvalue weighted by molar-refractivity contribution is 5.33. The van der Waals surface area contributed by atoms with E-state index in [0.717, 1.165) is 11.5 Å². The van der Waals surface area contributed by atoms with Gasteiger partial charge in [0.15, 0.2) is 0 Å². The predicted molar refractivity (Wildman–Crippen MR) is 63.3 cm³/mol. The number of pyridine rings is 1. The predicted octanol–water partition coefficient (Wildman–Crippen LogP) is 2.60. The molecule has 0 radical (unpaired) electrons. The Hall–Kier alpha value is -1.61. The first kappa shape index (κ1) is 10.9. The first-order valence-corrected chi connectivity index (χ1v) is 5.36. The Bertz CT molecular complexity index is 462. The molecule has 0 bridgehead atoms. The molecule has 0 amide bonds. The fourth-order valence-electron chi connectivity index (χ4n) is 1.99. The van der Waals surface area contributed by atoms with Crippen molar-refractivity contribution in [3.05, 3.63) is 53.2 Å². The molecule has 0 aliphatic carbocycles. The molecular weight excluding hydrogens is 200 g/mol. The van der Waals surface area contributed by atoms with Crippen molar-refractivity contribution in [3.8, 4) is 0 Å². The molecule has 0 fully saturated rings. The van der Waals surface area contributed by atoms with Crippen LogP contribution in [0.2, 0.25) is 0 Å². The van der Waals surface area contributed by atoms with Crippen LogP contribution in [0, 0.1) is 13.8 Å². The first-order chi connectivity index (χ1) is 7.72. The van der Waals surface area contributed by atoms with Crippen LogP contribution < -0.4 is 5.32 Å². The standard InChI is InChI=1S/C13H16N2O/c1-9-8-12(10(2)16-9)13(14-3)11-4-6-15-7-5-11/h4-8,13-14H,1-3H3. The molecule has 2 aromatic heterocycles. The average Bonchev–Trinajstić information content (AvgIpc) is 2.61. The van der Waals surface area contributed by atoms with E-state index in [9.17, 15) is 0 Å². The second-order valence-electron chi connectivity index (χ2n) is 3.87. The monoisotopic (exact) mass is 216 g/mol. The molecule has 0 spiro atoms. The summed E-state index contributed by atoms with van der Waals surface area (Å²) in [6, 6.07) is 6.28. The van der Waals surface area contributed by atoms with Crippen molar-refractivity contribution in [2.24, 2.45) is 0 Å². The minimum Gasteiger partial charge on any atom is -0.466 e. The quantitative estimate of drug-likeness (QED) is 0.857. The summed E-state index contributed by atoms with van der Waals surface area (Å²) in [5, 5.41) is 3.30. The molecule has 16 heavy (non-hydrogen) atoms. The topological polar surface area (TPSA) is 38.1 Å². The van der Waals surface area contributed by atoms with Crippen molar-refractivity contribution in [1.82, 2.24) is 10.3 Å². The largest absolute Gasteiger partial charge is 0.466 e. The van der Waals surface area contributed by atoms with Crippen LogP contribution in [0.15, 0.2) is 35.0 Å². The number of nitrogens with zero attached hydrogens (tertiary/aromatic N) is 1. The van der Waals surface area contributed by atoms with Gasteiger partial charge in [0.05, 0.1) is 6.04 Å². The van der Waals surface area contributed by atoms with Crippen molar-refractivity contribution in [1.29, 1.82) is 0 Å². The van der Waals surface area contributed by atoms with Gasteiger partial charge < -0.3 is 9.73 Å². The summed E-state index contributed by atoms with van der Waals surface area (Å²) in [6.45, 7) is 3.96. The summed E-state index contributed by atoms with van der Waals surface area (Å²) >= 11 is 0. The van der Waals surface area contributed by atoms with Crippen LogP contribution >= 0.6 is 0 Å². The van der Waals surface area contributed by atoms with Gasteiger partial charge in [-0.1, -0.05) is 0 Å². The molecule has 1 unspecified atom stereocenters. The molecule has 2 aromatic rings. The lowest BCUT2D eigenvalue weighted by Crippen LogP contribution is -2.17. The Balaban J connectivity index is 2.40. The zero-order valence-corrected chi connectivity index (χ0v) is 9.82. The molecule has 1 N–H and O–H groups in total. The van der Waals surface area contributed by atoms with Crippen LogP contribution in [0.25, 0.3) is 0 Å². The van der Waals surface area contributed by atoms with Crippen molar-refractivity contribution < 1.29 is 4.42 Å². The maximum absolute atomic E-state index is 5.56. The number of aromatic nitrogens is 1. The molecule has 0 aromatic carbocycles. The van der Waals surface area contributed by atoms with E-state index in [1.54, 1.807) is 0 Å². The molecule has 2 heterocycles. The summed E-state index contributed by atoms with van der Waals surface area (Å²) < 4.78 is 5.56. The van der Waals surface area contributed by atoms with Gasteiger partial charge >= 0.3 is 0 Å². The van der Waals surface area contributed by atoms with E-state index in [0.29, 0.717) is 0 Å². The minimum atomic E-state index is 0.167. The van der Waals surface area contributed by atoms with E-state index < -0.39 is 0 Å². The van der Waals surface area contributed by atoms with Crippen LogP contribution in [0.3, 0.4) is 0 Å². The molecule has 3 heteroatoms. The summed E-state index contributed by atoms with van der Waals surface area (Å²) in [4.78, 5) is 4.03. The van der Waals surface area contributed by atoms with Gasteiger partial charge in [0.2, 0.25) is 0 Å². The third-order valence-electron chi connectivity index (χ3n) is 2.72. The van der Waals surface area contributed by atoms with Gasteiger partial charge in [-0.3, -0.25) is 4.98 Å². The van der Waals surface area contributed by atoms with Crippen LogP contribution in [-0.4, -0.2) is 12.0 Å². The van der Waals surface area contributed by atoms with Crippen molar-refractivity contribution in [2.45, 2.75) is 19.9 Å². The number of furan rings is 1. The van der Waals surface area contributed by atoms with Crippen LogP contribution in [0.5, 0.6) is 0 Å². The fourth-order valence-corrected chi connectivity index (χ4v) is 1.99. The highest BCUT2D eigenvalue weighted by Crippen LogP contribution is 2.26. The maximum atomic E-state index is 5.56. The Morgan fingerprint density at radius 3 is 2.44 bits per heavy atom. The zero-order valence-electron chi connectivity index (χ0n) is 9.82. The SMILES string of the molecule is CNC(c1ccncc1)c1cc(C)oc1C. The van der Waals surface area contributed by atoms with Gasteiger partial charge in [-0.05, 0) is 44.7 Å². The van der Waals surface area contributed by atoms with E-state index in [2.05, 4.69) is 16.4 Å². The lowest BCUT2D eigenvalue weighted by Gasteiger charge is -2.15. The fraction of sp³-hybridized carbons (Fsp3) is 0.308. The van der Waals surface area contributed by atoms with Gasteiger partial charge in [0, 0.05) is 18.0 Å². The third-order valence-corrected chi connectivity index (χ3v) is 2.72. The molecule has 0 aliphatic heterocycles. The van der Waals surface area contributed by atoms with Gasteiger partial charge in [-0.25, -0.2) is 0 Å². The molecular formula is C13H16N2O. The minimum absolute atomic E-state index is 0.167. The Labute approximate surface area is 95.5 Å². The Morgan fingerprint density at radius 1 is 1.25 bits per heavy atom. The smallest absolute Gasteiger partial charge is 0.106 e. The third kappa shape index (κ3) is 1.99. The Morgan fingerprint density at radius 2 is 1.94 bits per heavy atom. The van der Waals surface area contributed by atoms with E-state index >= 15 is 0 Å². The van der Waals surface area contributed by atoms with E-state index in [-0.39, 0.29) is 6.04 Å². The normalized spacial score (nSPS) is 12.7. The molecule has 2 rings (SSSR count). The summed E-state index contributed by atoms with van der Waals surface area (Å²) in [6.07, 6.45) is 3.61. The molecule has 0 saturated heterocycles. The lowest BCUT2D eigenvalue weighted by molar-refractivity contribution is 0.497. The number of nitrogens with one attached hydrogen (secondary N) is 1. The molecule has 84 valence electrons. The van der Waals surface area contributed by atoms with E-state index in [1.165, 1.54) is 11.1 Å². The van der Waals surface area contributed by atoms with Crippen LogP contribution in [0.4, 0.5) is 0 Å². The molecule has 0 aliphatic rings. The second kappa shape index (κ2) is 4.49. The maximum Gasteiger partial charge on any atom is 0.106 e. The van der Waals surface area contributed by atoms with Gasteiger partial charge in [-0.2, -0.15) is 0 Å². The van der Waals surface area contributed by atoms with Crippen molar-refractivity contribution in [2.75, 3.05) is 7.05 Å². The zero-order chi connectivity index (χ0) is 11.5. The number of rotatable bonds is 3. The van der Waals surface area contributed by atoms with Gasteiger partial charge in [0.1, 0.15) is 11.5 Å². The number of hydrogen-bond acceptors (Lipinski definition) is 3. The first-order valence-electron chi connectivity index (χ1n) is 5.36. The van der Waals surface area contributed by atoms with Crippen LogP contribution in [-0.2, 0) is 0 Å². The second-order valence-corrected chi connectivity index (χ2v) is 3.87. The number of hydrogen-bond donors (Lipinski definition) is 1. The highest BCUT2D eigenvalue weighted by Gasteiger charge is 2.16. The van der Waals surface area contributed by atoms with Crippen LogP contribution in [0.1, 0.15) is 28.7 Å². The van der Waals surface area contributed by atoms with Gasteiger partial charge in [-0.15, -0.1) is 0 Å². The number of aryl methyl sites for hydroxylation is 2. The van der Waals surface area contributed by atoms with Crippen molar-refractivity contribution in [3.63, 3.8) is 0 Å². The molecule has 1 atom stereocenters.